The van der Waals surface area contributed by atoms with Gasteiger partial charge in [0.15, 0.2) is 0 Å². The molecule has 0 radical (unpaired) electrons. The van der Waals surface area contributed by atoms with Gasteiger partial charge >= 0.3 is 6.03 Å². The molecule has 1 aromatic heterocycles. The van der Waals surface area contributed by atoms with Crippen LogP contribution in [0.4, 0.5) is 14.9 Å². The number of anilines is 1. The zero-order valence-corrected chi connectivity index (χ0v) is 14.0. The summed E-state index contributed by atoms with van der Waals surface area (Å²) in [6, 6.07) is 12.7. The van der Waals surface area contributed by atoms with Crippen LogP contribution in [0.15, 0.2) is 60.9 Å². The molecule has 0 spiro atoms. The van der Waals surface area contributed by atoms with E-state index in [9.17, 15) is 9.18 Å². The number of benzene rings is 2. The number of nitrogens with zero attached hydrogens (tertiary/aromatic N) is 2. The number of nitrogens with one attached hydrogen (secondary N) is 2. The molecule has 0 fully saturated rings. The number of aromatic nitrogens is 2. The number of aryl methyl sites for hydroxylation is 2. The van der Waals surface area contributed by atoms with Gasteiger partial charge < -0.3 is 15.2 Å². The average Bonchev–Trinajstić information content (AvgIpc) is 3.01. The number of rotatable bonds is 4. The maximum Gasteiger partial charge on any atom is 0.320 e. The van der Waals surface area contributed by atoms with Crippen LogP contribution in [0.5, 0.6) is 0 Å². The predicted molar refractivity (Wildman–Crippen MR) is 94.8 cm³/mol. The molecule has 1 atom stereocenters. The third kappa shape index (κ3) is 4.03. The van der Waals surface area contributed by atoms with Gasteiger partial charge in [0, 0.05) is 25.1 Å². The molecule has 6 heteroatoms. The lowest BCUT2D eigenvalue weighted by Crippen LogP contribution is -2.34. The molecule has 3 rings (SSSR count). The Bertz CT molecular complexity index is 856. The summed E-state index contributed by atoms with van der Waals surface area (Å²) in [6.45, 7) is 1.98. The molecular formula is C19H19FN4O. The first kappa shape index (κ1) is 16.7. The second kappa shape index (κ2) is 7.17. The van der Waals surface area contributed by atoms with Crippen LogP contribution in [-0.2, 0) is 7.05 Å². The highest BCUT2D eigenvalue weighted by atomic mass is 19.1. The third-order valence-electron chi connectivity index (χ3n) is 3.90. The van der Waals surface area contributed by atoms with Gasteiger partial charge in [-0.3, -0.25) is 0 Å². The van der Waals surface area contributed by atoms with Gasteiger partial charge in [-0.2, -0.15) is 0 Å². The van der Waals surface area contributed by atoms with E-state index in [0.29, 0.717) is 11.5 Å². The number of amides is 2. The van der Waals surface area contributed by atoms with Crippen LogP contribution in [0.3, 0.4) is 0 Å². The summed E-state index contributed by atoms with van der Waals surface area (Å²) in [6.07, 6.45) is 3.46. The van der Waals surface area contributed by atoms with Crippen LogP contribution < -0.4 is 10.6 Å². The van der Waals surface area contributed by atoms with Crippen molar-refractivity contribution in [3.05, 3.63) is 83.7 Å². The van der Waals surface area contributed by atoms with Crippen LogP contribution in [-0.4, -0.2) is 15.6 Å². The van der Waals surface area contributed by atoms with Crippen molar-refractivity contribution in [2.24, 2.45) is 7.05 Å². The van der Waals surface area contributed by atoms with Gasteiger partial charge in [-0.15, -0.1) is 0 Å². The number of urea groups is 1. The Balaban J connectivity index is 1.82. The van der Waals surface area contributed by atoms with Crippen molar-refractivity contribution < 1.29 is 9.18 Å². The second-order valence-corrected chi connectivity index (χ2v) is 5.85. The molecule has 0 aliphatic heterocycles. The van der Waals surface area contributed by atoms with Gasteiger partial charge in [-0.05, 0) is 36.8 Å². The molecule has 2 amide bonds. The third-order valence-corrected chi connectivity index (χ3v) is 3.90. The fraction of sp³-hybridized carbons (Fsp3) is 0.158. The Kier molecular flexibility index (Phi) is 4.79. The molecule has 0 aliphatic rings. The molecule has 5 nitrogen and oxygen atoms in total. The van der Waals surface area contributed by atoms with E-state index in [2.05, 4.69) is 15.6 Å². The van der Waals surface area contributed by atoms with Gasteiger partial charge in [0.25, 0.3) is 0 Å². The normalized spacial score (nSPS) is 11.8. The molecule has 2 N–H and O–H groups in total. The number of carbonyl (C=O) groups is 1. The minimum Gasteiger partial charge on any atom is -0.336 e. The first-order valence-corrected chi connectivity index (χ1v) is 7.90. The number of hydrogen-bond acceptors (Lipinski definition) is 2. The molecule has 0 aliphatic carbocycles. The van der Waals surface area contributed by atoms with Gasteiger partial charge in [-0.1, -0.05) is 29.8 Å². The summed E-state index contributed by atoms with van der Waals surface area (Å²) < 4.78 is 15.1. The van der Waals surface area contributed by atoms with Crippen molar-refractivity contribution >= 4 is 11.7 Å². The Morgan fingerprint density at radius 3 is 2.40 bits per heavy atom. The maximum atomic E-state index is 13.2. The molecule has 1 unspecified atom stereocenters. The van der Waals surface area contributed by atoms with E-state index < -0.39 is 6.04 Å². The quantitative estimate of drug-likeness (QED) is 0.760. The smallest absolute Gasteiger partial charge is 0.320 e. The monoisotopic (exact) mass is 338 g/mol. The maximum absolute atomic E-state index is 13.2. The predicted octanol–water partition coefficient (Wildman–Crippen LogP) is 3.78. The van der Waals surface area contributed by atoms with E-state index in [1.165, 1.54) is 12.1 Å². The Morgan fingerprint density at radius 1 is 1.12 bits per heavy atom. The SMILES string of the molecule is Cc1ccc(NC(=O)NC(c2ccc(F)cc2)c2nccn2C)cc1. The van der Waals surface area contributed by atoms with Crippen molar-refractivity contribution in [3.63, 3.8) is 0 Å². The van der Waals surface area contributed by atoms with E-state index in [1.54, 1.807) is 24.5 Å². The molecule has 25 heavy (non-hydrogen) atoms. The first-order chi connectivity index (χ1) is 12.0. The van der Waals surface area contributed by atoms with Gasteiger partial charge in [0.2, 0.25) is 0 Å². The highest BCUT2D eigenvalue weighted by Gasteiger charge is 2.20. The Morgan fingerprint density at radius 2 is 1.80 bits per heavy atom. The molecule has 128 valence electrons. The lowest BCUT2D eigenvalue weighted by Gasteiger charge is -2.19. The van der Waals surface area contributed by atoms with Gasteiger partial charge in [-0.25, -0.2) is 14.2 Å². The van der Waals surface area contributed by atoms with Crippen LogP contribution in [0, 0.1) is 12.7 Å². The van der Waals surface area contributed by atoms with E-state index in [1.807, 2.05) is 42.8 Å². The first-order valence-electron chi connectivity index (χ1n) is 7.90. The Labute approximate surface area is 145 Å². The highest BCUT2D eigenvalue weighted by molar-refractivity contribution is 5.89. The summed E-state index contributed by atoms with van der Waals surface area (Å²) in [7, 11) is 1.85. The number of hydrogen-bond donors (Lipinski definition) is 2. The molecule has 1 heterocycles. The highest BCUT2D eigenvalue weighted by Crippen LogP contribution is 2.21. The summed E-state index contributed by atoms with van der Waals surface area (Å²) in [4.78, 5) is 16.7. The van der Waals surface area contributed by atoms with Crippen molar-refractivity contribution in [2.75, 3.05) is 5.32 Å². The molecule has 0 saturated carbocycles. The lowest BCUT2D eigenvalue weighted by atomic mass is 10.1. The van der Waals surface area contributed by atoms with Crippen molar-refractivity contribution in [1.82, 2.24) is 14.9 Å². The average molecular weight is 338 g/mol. The minimum absolute atomic E-state index is 0.327. The van der Waals surface area contributed by atoms with Gasteiger partial charge in [0.05, 0.1) is 0 Å². The van der Waals surface area contributed by atoms with E-state index in [-0.39, 0.29) is 11.8 Å². The number of imidazole rings is 1. The van der Waals surface area contributed by atoms with Crippen LogP contribution >= 0.6 is 0 Å². The molecular weight excluding hydrogens is 319 g/mol. The van der Waals surface area contributed by atoms with Crippen LogP contribution in [0.1, 0.15) is 23.0 Å². The topological polar surface area (TPSA) is 59.0 Å². The lowest BCUT2D eigenvalue weighted by molar-refractivity contribution is 0.249. The van der Waals surface area contributed by atoms with Crippen molar-refractivity contribution in [1.29, 1.82) is 0 Å². The largest absolute Gasteiger partial charge is 0.336 e. The van der Waals surface area contributed by atoms with E-state index in [0.717, 1.165) is 11.1 Å². The van der Waals surface area contributed by atoms with Crippen molar-refractivity contribution in [2.45, 2.75) is 13.0 Å². The number of halogens is 1. The molecule has 0 saturated heterocycles. The molecule has 3 aromatic rings. The summed E-state index contributed by atoms with van der Waals surface area (Å²) >= 11 is 0. The number of carbonyl (C=O) groups excluding carboxylic acids is 1. The van der Waals surface area contributed by atoms with E-state index >= 15 is 0 Å². The summed E-state index contributed by atoms with van der Waals surface area (Å²) in [5.74, 6) is 0.331. The van der Waals surface area contributed by atoms with Gasteiger partial charge in [0.1, 0.15) is 17.7 Å². The minimum atomic E-state index is -0.494. The fourth-order valence-electron chi connectivity index (χ4n) is 2.54. The zero-order chi connectivity index (χ0) is 17.8. The van der Waals surface area contributed by atoms with E-state index in [4.69, 9.17) is 0 Å². The zero-order valence-electron chi connectivity index (χ0n) is 14.0. The second-order valence-electron chi connectivity index (χ2n) is 5.85. The standard InChI is InChI=1S/C19H19FN4O/c1-13-3-9-16(10-4-13)22-19(25)23-17(18-21-11-12-24(18)2)14-5-7-15(20)8-6-14/h3-12,17H,1-2H3,(H2,22,23,25). The molecule has 2 aromatic carbocycles. The van der Waals surface area contributed by atoms with Crippen LogP contribution in [0.25, 0.3) is 0 Å². The van der Waals surface area contributed by atoms with Crippen LogP contribution in [0.2, 0.25) is 0 Å². The molecule has 0 bridgehead atoms. The Hall–Kier alpha value is -3.15. The summed E-state index contributed by atoms with van der Waals surface area (Å²) in [5.41, 5.74) is 2.55. The fourth-order valence-corrected chi connectivity index (χ4v) is 2.54. The summed E-state index contributed by atoms with van der Waals surface area (Å²) in [5, 5.41) is 5.70. The van der Waals surface area contributed by atoms with Crippen molar-refractivity contribution in [3.8, 4) is 0 Å².